The van der Waals surface area contributed by atoms with Gasteiger partial charge in [-0.25, -0.2) is 4.98 Å². The average Bonchev–Trinajstić information content (AvgIpc) is 2.23. The van der Waals surface area contributed by atoms with Gasteiger partial charge in [-0.15, -0.1) is 0 Å². The third-order valence-electron chi connectivity index (χ3n) is 1.97. The van der Waals surface area contributed by atoms with Gasteiger partial charge in [-0.1, -0.05) is 0 Å². The second kappa shape index (κ2) is 5.57. The van der Waals surface area contributed by atoms with Crippen molar-refractivity contribution in [3.63, 3.8) is 0 Å². The van der Waals surface area contributed by atoms with Gasteiger partial charge in [0.1, 0.15) is 15.5 Å². The summed E-state index contributed by atoms with van der Waals surface area (Å²) in [6, 6.07) is 0. The van der Waals surface area contributed by atoms with E-state index in [1.54, 1.807) is 14.2 Å². The molecule has 6 heteroatoms. The number of rotatable bonds is 4. The van der Waals surface area contributed by atoms with Gasteiger partial charge in [0.05, 0.1) is 12.3 Å². The molecule has 1 atom stereocenters. The van der Waals surface area contributed by atoms with Crippen molar-refractivity contribution < 1.29 is 9.47 Å². The first-order valence-corrected chi connectivity index (χ1v) is 5.48. The number of hydrogen-bond acceptors (Lipinski definition) is 4. The van der Waals surface area contributed by atoms with Crippen molar-refractivity contribution in [1.82, 2.24) is 9.97 Å². The van der Waals surface area contributed by atoms with Crippen molar-refractivity contribution in [2.24, 2.45) is 0 Å². The number of nitrogens with one attached hydrogen (secondary N) is 1. The smallest absolute Gasteiger partial charge is 0.264 e. The first kappa shape index (κ1) is 12.6. The largest absolute Gasteiger partial charge is 0.378 e. The minimum atomic E-state index is -0.231. The quantitative estimate of drug-likeness (QED) is 0.846. The monoisotopic (exact) mass is 324 g/mol. The van der Waals surface area contributed by atoms with E-state index in [1.807, 2.05) is 29.5 Å². The molecule has 0 spiro atoms. The van der Waals surface area contributed by atoms with E-state index in [4.69, 9.17) is 9.47 Å². The van der Waals surface area contributed by atoms with E-state index in [0.717, 1.165) is 0 Å². The Morgan fingerprint density at radius 1 is 1.53 bits per heavy atom. The molecular formula is C9H13IN2O3. The molecule has 0 saturated heterocycles. The Labute approximate surface area is 101 Å². The van der Waals surface area contributed by atoms with E-state index in [0.29, 0.717) is 21.7 Å². The molecule has 15 heavy (non-hydrogen) atoms. The fraction of sp³-hybridized carbons (Fsp3) is 0.556. The summed E-state index contributed by atoms with van der Waals surface area (Å²) >= 11 is 1.95. The molecule has 0 fully saturated rings. The van der Waals surface area contributed by atoms with Crippen LogP contribution in [-0.4, -0.2) is 24.2 Å². The maximum absolute atomic E-state index is 11.5. The number of halogens is 1. The number of nitrogens with zero attached hydrogens (tertiary/aromatic N) is 1. The van der Waals surface area contributed by atoms with Crippen molar-refractivity contribution in [2.75, 3.05) is 14.2 Å². The highest BCUT2D eigenvalue weighted by Gasteiger charge is 2.12. The lowest BCUT2D eigenvalue weighted by molar-refractivity contribution is 0.110. The first-order valence-electron chi connectivity index (χ1n) is 4.40. The van der Waals surface area contributed by atoms with Crippen LogP contribution in [0.1, 0.15) is 24.5 Å². The standard InChI is InChI=1S/C9H13IN2O3/c1-5(15-3)8-11-6(4-14-2)7(10)9(13)12-8/h5H,4H2,1-3H3,(H,11,12,13). The van der Waals surface area contributed by atoms with Gasteiger partial charge < -0.3 is 14.5 Å². The minimum absolute atomic E-state index is 0.156. The third-order valence-corrected chi connectivity index (χ3v) is 3.08. The second-order valence-electron chi connectivity index (χ2n) is 3.02. The summed E-state index contributed by atoms with van der Waals surface area (Å²) in [6.45, 7) is 2.15. The van der Waals surface area contributed by atoms with Crippen molar-refractivity contribution in [3.8, 4) is 0 Å². The van der Waals surface area contributed by atoms with Crippen LogP contribution in [0, 0.1) is 3.57 Å². The maximum atomic E-state index is 11.5. The molecule has 1 aromatic rings. The van der Waals surface area contributed by atoms with Crippen LogP contribution < -0.4 is 5.56 Å². The molecule has 1 heterocycles. The molecule has 0 aliphatic heterocycles. The zero-order valence-electron chi connectivity index (χ0n) is 8.83. The lowest BCUT2D eigenvalue weighted by Gasteiger charge is -2.10. The maximum Gasteiger partial charge on any atom is 0.264 e. The van der Waals surface area contributed by atoms with Crippen molar-refractivity contribution in [3.05, 3.63) is 25.4 Å². The number of aromatic nitrogens is 2. The Hall–Kier alpha value is -0.470. The van der Waals surface area contributed by atoms with E-state index < -0.39 is 0 Å². The van der Waals surface area contributed by atoms with E-state index in [2.05, 4.69) is 9.97 Å². The van der Waals surface area contributed by atoms with Crippen molar-refractivity contribution in [2.45, 2.75) is 19.6 Å². The highest BCUT2D eigenvalue weighted by molar-refractivity contribution is 14.1. The molecule has 0 radical (unpaired) electrons. The van der Waals surface area contributed by atoms with Gasteiger partial charge in [0.2, 0.25) is 0 Å². The van der Waals surface area contributed by atoms with Gasteiger partial charge in [0.15, 0.2) is 0 Å². The third kappa shape index (κ3) is 2.99. The summed E-state index contributed by atoms with van der Waals surface area (Å²) in [5.74, 6) is 0.523. The van der Waals surface area contributed by atoms with Gasteiger partial charge in [0, 0.05) is 14.2 Å². The van der Waals surface area contributed by atoms with Gasteiger partial charge >= 0.3 is 0 Å². The van der Waals surface area contributed by atoms with E-state index in [9.17, 15) is 4.79 Å². The molecule has 1 unspecified atom stereocenters. The number of ether oxygens (including phenoxy) is 2. The zero-order chi connectivity index (χ0) is 11.4. The van der Waals surface area contributed by atoms with E-state index in [1.165, 1.54) is 0 Å². The van der Waals surface area contributed by atoms with Gasteiger partial charge in [-0.05, 0) is 29.5 Å². The van der Waals surface area contributed by atoms with E-state index >= 15 is 0 Å². The van der Waals surface area contributed by atoms with Gasteiger partial charge in [-0.2, -0.15) is 0 Å². The van der Waals surface area contributed by atoms with Crippen LogP contribution in [0.25, 0.3) is 0 Å². The first-order chi connectivity index (χ1) is 7.10. The van der Waals surface area contributed by atoms with Crippen LogP contribution >= 0.6 is 22.6 Å². The van der Waals surface area contributed by atoms with E-state index in [-0.39, 0.29) is 11.7 Å². The average molecular weight is 324 g/mol. The highest BCUT2D eigenvalue weighted by Crippen LogP contribution is 2.12. The summed E-state index contributed by atoms with van der Waals surface area (Å²) < 4.78 is 10.6. The summed E-state index contributed by atoms with van der Waals surface area (Å²) in [5.41, 5.74) is 0.484. The molecule has 0 aliphatic carbocycles. The highest BCUT2D eigenvalue weighted by atomic mass is 127. The summed E-state index contributed by atoms with van der Waals surface area (Å²) in [6.07, 6.45) is -0.231. The van der Waals surface area contributed by atoms with Crippen LogP contribution in [0.5, 0.6) is 0 Å². The lowest BCUT2D eigenvalue weighted by Crippen LogP contribution is -2.20. The molecule has 0 aromatic carbocycles. The Balaban J connectivity index is 3.17. The molecule has 0 saturated carbocycles. The predicted octanol–water partition coefficient (Wildman–Crippen LogP) is 1.23. The van der Waals surface area contributed by atoms with Crippen LogP contribution in [0.4, 0.5) is 0 Å². The fourth-order valence-corrected chi connectivity index (χ4v) is 1.47. The summed E-state index contributed by atoms with van der Waals surface area (Å²) in [7, 11) is 3.14. The lowest BCUT2D eigenvalue weighted by atomic mass is 10.3. The predicted molar refractivity (Wildman–Crippen MR) is 63.7 cm³/mol. The molecule has 1 rings (SSSR count). The SMILES string of the molecule is COCc1nc(C(C)OC)[nH]c(=O)c1I. The topological polar surface area (TPSA) is 64.2 Å². The number of H-pyrrole nitrogens is 1. The summed E-state index contributed by atoms with van der Waals surface area (Å²) in [4.78, 5) is 18.5. The molecule has 0 bridgehead atoms. The molecule has 5 nitrogen and oxygen atoms in total. The van der Waals surface area contributed by atoms with Crippen LogP contribution in [0.3, 0.4) is 0 Å². The Kier molecular flexibility index (Phi) is 4.68. The fourth-order valence-electron chi connectivity index (χ4n) is 1.06. The van der Waals surface area contributed by atoms with Gasteiger partial charge in [0.25, 0.3) is 5.56 Å². The van der Waals surface area contributed by atoms with Crippen molar-refractivity contribution >= 4 is 22.6 Å². The van der Waals surface area contributed by atoms with Crippen LogP contribution in [-0.2, 0) is 16.1 Å². The number of aromatic amines is 1. The number of methoxy groups -OCH3 is 2. The number of hydrogen-bond donors (Lipinski definition) is 1. The summed E-state index contributed by atoms with van der Waals surface area (Å²) in [5, 5.41) is 0. The van der Waals surface area contributed by atoms with Crippen molar-refractivity contribution in [1.29, 1.82) is 0 Å². The minimum Gasteiger partial charge on any atom is -0.378 e. The zero-order valence-corrected chi connectivity index (χ0v) is 11.0. The molecule has 1 N–H and O–H groups in total. The Bertz CT molecular complexity index is 391. The normalized spacial score (nSPS) is 12.8. The van der Waals surface area contributed by atoms with Gasteiger partial charge in [-0.3, -0.25) is 4.79 Å². The van der Waals surface area contributed by atoms with Crippen LogP contribution in [0.2, 0.25) is 0 Å². The van der Waals surface area contributed by atoms with Crippen LogP contribution in [0.15, 0.2) is 4.79 Å². The molecule has 1 aromatic heterocycles. The molecular weight excluding hydrogens is 311 g/mol. The second-order valence-corrected chi connectivity index (χ2v) is 4.10. The molecule has 0 aliphatic rings. The Morgan fingerprint density at radius 2 is 2.20 bits per heavy atom. The molecule has 84 valence electrons. The molecule has 0 amide bonds. The Morgan fingerprint density at radius 3 is 2.73 bits per heavy atom.